The summed E-state index contributed by atoms with van der Waals surface area (Å²) in [5, 5.41) is 8.78. The van der Waals surface area contributed by atoms with Gasteiger partial charge in [-0.3, -0.25) is 4.98 Å². The molecular weight excluding hydrogens is 255 g/mol. The van der Waals surface area contributed by atoms with E-state index in [4.69, 9.17) is 16.7 Å². The summed E-state index contributed by atoms with van der Waals surface area (Å²) in [6.45, 7) is 0. The zero-order valence-electron chi connectivity index (χ0n) is 5.56. The minimum absolute atomic E-state index is 0.0702. The highest BCUT2D eigenvalue weighted by atomic mass is 79.9. The van der Waals surface area contributed by atoms with Crippen LogP contribution in [0.1, 0.15) is 12.1 Å². The molecule has 0 saturated heterocycles. The molecule has 0 aromatic carbocycles. The number of halogens is 4. The van der Waals surface area contributed by atoms with Crippen LogP contribution < -0.4 is 0 Å². The minimum Gasteiger partial charge on any atom is -0.505 e. The fourth-order valence-corrected chi connectivity index (χ4v) is 1.25. The molecule has 0 saturated carbocycles. The van der Waals surface area contributed by atoms with Crippen LogP contribution in [-0.4, -0.2) is 10.1 Å². The van der Waals surface area contributed by atoms with Crippen molar-refractivity contribution in [2.75, 3.05) is 0 Å². The zero-order chi connectivity index (χ0) is 9.30. The van der Waals surface area contributed by atoms with E-state index in [1.807, 2.05) is 0 Å². The SMILES string of the molecule is Oc1cnc(C(F)F)c(Br)c1Cl. The molecule has 1 aromatic rings. The first-order chi connectivity index (χ1) is 5.54. The fourth-order valence-electron chi connectivity index (χ4n) is 0.621. The monoisotopic (exact) mass is 257 g/mol. The maximum absolute atomic E-state index is 12.1. The molecule has 1 heterocycles. The molecule has 1 aromatic heterocycles. The third-order valence-electron chi connectivity index (χ3n) is 1.18. The van der Waals surface area contributed by atoms with Crippen LogP contribution >= 0.6 is 27.5 Å². The molecule has 66 valence electrons. The summed E-state index contributed by atoms with van der Waals surface area (Å²) in [6, 6.07) is 0. The van der Waals surface area contributed by atoms with E-state index in [0.29, 0.717) is 0 Å². The predicted octanol–water partition coefficient (Wildman–Crippen LogP) is 3.14. The highest BCUT2D eigenvalue weighted by Gasteiger charge is 2.17. The quantitative estimate of drug-likeness (QED) is 0.839. The lowest BCUT2D eigenvalue weighted by Gasteiger charge is -2.04. The van der Waals surface area contributed by atoms with Gasteiger partial charge < -0.3 is 5.11 Å². The van der Waals surface area contributed by atoms with Crippen LogP contribution in [-0.2, 0) is 0 Å². The van der Waals surface area contributed by atoms with E-state index in [9.17, 15) is 8.78 Å². The van der Waals surface area contributed by atoms with E-state index in [0.717, 1.165) is 6.20 Å². The van der Waals surface area contributed by atoms with Crippen molar-refractivity contribution in [2.45, 2.75) is 6.43 Å². The highest BCUT2D eigenvalue weighted by Crippen LogP contribution is 2.36. The Balaban J connectivity index is 3.27. The number of hydrogen-bond acceptors (Lipinski definition) is 2. The van der Waals surface area contributed by atoms with Gasteiger partial charge in [0.2, 0.25) is 0 Å². The molecule has 2 nitrogen and oxygen atoms in total. The summed E-state index contributed by atoms with van der Waals surface area (Å²) < 4.78 is 24.1. The number of aromatic hydroxyl groups is 1. The molecule has 0 aliphatic carbocycles. The smallest absolute Gasteiger partial charge is 0.281 e. The zero-order valence-corrected chi connectivity index (χ0v) is 7.90. The van der Waals surface area contributed by atoms with Crippen molar-refractivity contribution >= 4 is 27.5 Å². The summed E-state index contributed by atoms with van der Waals surface area (Å²) in [5.74, 6) is -0.326. The summed E-state index contributed by atoms with van der Waals surface area (Å²) in [5.41, 5.74) is -0.474. The lowest BCUT2D eigenvalue weighted by Crippen LogP contribution is -1.91. The van der Waals surface area contributed by atoms with E-state index < -0.39 is 12.1 Å². The van der Waals surface area contributed by atoms with E-state index in [2.05, 4.69) is 20.9 Å². The first-order valence-electron chi connectivity index (χ1n) is 2.85. The Hall–Kier alpha value is -0.420. The van der Waals surface area contributed by atoms with Gasteiger partial charge in [0.15, 0.2) is 5.75 Å². The van der Waals surface area contributed by atoms with Crippen molar-refractivity contribution in [3.8, 4) is 5.75 Å². The Kier molecular flexibility index (Phi) is 2.85. The van der Waals surface area contributed by atoms with Crippen LogP contribution in [0.5, 0.6) is 5.75 Å². The van der Waals surface area contributed by atoms with Crippen LogP contribution in [0.4, 0.5) is 8.78 Å². The Morgan fingerprint density at radius 3 is 2.67 bits per heavy atom. The number of alkyl halides is 2. The van der Waals surface area contributed by atoms with Gasteiger partial charge in [0.05, 0.1) is 10.7 Å². The van der Waals surface area contributed by atoms with Crippen molar-refractivity contribution in [1.82, 2.24) is 4.98 Å². The average molecular weight is 258 g/mol. The third-order valence-corrected chi connectivity index (χ3v) is 2.59. The number of rotatable bonds is 1. The molecule has 0 amide bonds. The van der Waals surface area contributed by atoms with Crippen molar-refractivity contribution < 1.29 is 13.9 Å². The van der Waals surface area contributed by atoms with Crippen LogP contribution in [0.25, 0.3) is 0 Å². The largest absolute Gasteiger partial charge is 0.505 e. The van der Waals surface area contributed by atoms with Gasteiger partial charge in [0.1, 0.15) is 10.7 Å². The van der Waals surface area contributed by atoms with Crippen LogP contribution in [0.15, 0.2) is 10.7 Å². The van der Waals surface area contributed by atoms with Crippen molar-refractivity contribution in [3.05, 3.63) is 21.4 Å². The second kappa shape index (κ2) is 3.53. The van der Waals surface area contributed by atoms with Crippen molar-refractivity contribution in [3.63, 3.8) is 0 Å². The van der Waals surface area contributed by atoms with E-state index in [1.54, 1.807) is 0 Å². The lowest BCUT2D eigenvalue weighted by atomic mass is 10.3. The number of nitrogens with zero attached hydrogens (tertiary/aromatic N) is 1. The van der Waals surface area contributed by atoms with Gasteiger partial charge in [-0.15, -0.1) is 0 Å². The number of hydrogen-bond donors (Lipinski definition) is 1. The average Bonchev–Trinajstić information content (AvgIpc) is 2.00. The molecule has 0 spiro atoms. The molecule has 1 rings (SSSR count). The molecular formula is C6H3BrClF2NO. The summed E-state index contributed by atoms with van der Waals surface area (Å²) in [7, 11) is 0. The first-order valence-corrected chi connectivity index (χ1v) is 4.02. The molecule has 0 aliphatic heterocycles. The Bertz CT molecular complexity index is 308. The van der Waals surface area contributed by atoms with Gasteiger partial charge in [-0.05, 0) is 15.9 Å². The summed E-state index contributed by atoms with van der Waals surface area (Å²) in [4.78, 5) is 3.31. The standard InChI is InChI=1S/C6H3BrClF2NO/c7-3-4(8)2(12)1-11-5(3)6(9)10/h1,6,12H. The predicted molar refractivity (Wildman–Crippen MR) is 43.6 cm³/mol. The molecule has 0 unspecified atom stereocenters. The van der Waals surface area contributed by atoms with Crippen molar-refractivity contribution in [1.29, 1.82) is 0 Å². The molecule has 0 aliphatic rings. The van der Waals surface area contributed by atoms with E-state index in [1.165, 1.54) is 0 Å². The van der Waals surface area contributed by atoms with Crippen LogP contribution in [0, 0.1) is 0 Å². The van der Waals surface area contributed by atoms with Gasteiger partial charge in [-0.1, -0.05) is 11.6 Å². The normalized spacial score (nSPS) is 10.8. The molecule has 6 heteroatoms. The first kappa shape index (κ1) is 9.67. The number of aromatic nitrogens is 1. The maximum Gasteiger partial charge on any atom is 0.281 e. The molecule has 0 bridgehead atoms. The van der Waals surface area contributed by atoms with Gasteiger partial charge in [0.25, 0.3) is 6.43 Å². The van der Waals surface area contributed by atoms with E-state index >= 15 is 0 Å². The second-order valence-electron chi connectivity index (χ2n) is 1.96. The topological polar surface area (TPSA) is 33.1 Å². The Morgan fingerprint density at radius 1 is 1.58 bits per heavy atom. The van der Waals surface area contributed by atoms with Gasteiger partial charge in [-0.25, -0.2) is 8.78 Å². The fraction of sp³-hybridized carbons (Fsp3) is 0.167. The Labute approximate surface area is 80.3 Å². The molecule has 0 atom stereocenters. The number of pyridine rings is 1. The molecule has 0 fully saturated rings. The molecule has 1 N–H and O–H groups in total. The van der Waals surface area contributed by atoms with Crippen LogP contribution in [0.2, 0.25) is 5.02 Å². The van der Waals surface area contributed by atoms with E-state index in [-0.39, 0.29) is 15.2 Å². The summed E-state index contributed by atoms with van der Waals surface area (Å²) >= 11 is 8.25. The summed E-state index contributed by atoms with van der Waals surface area (Å²) in [6.07, 6.45) is -1.83. The maximum atomic E-state index is 12.1. The van der Waals surface area contributed by atoms with Crippen molar-refractivity contribution in [2.24, 2.45) is 0 Å². The van der Waals surface area contributed by atoms with Gasteiger partial charge >= 0.3 is 0 Å². The van der Waals surface area contributed by atoms with Gasteiger partial charge in [-0.2, -0.15) is 0 Å². The molecule has 12 heavy (non-hydrogen) atoms. The molecule has 0 radical (unpaired) electrons. The Morgan fingerprint density at radius 2 is 2.17 bits per heavy atom. The highest BCUT2D eigenvalue weighted by molar-refractivity contribution is 9.10. The van der Waals surface area contributed by atoms with Crippen LogP contribution in [0.3, 0.4) is 0 Å². The third kappa shape index (κ3) is 1.67. The second-order valence-corrected chi connectivity index (χ2v) is 3.13. The van der Waals surface area contributed by atoms with Gasteiger partial charge in [0, 0.05) is 0 Å². The lowest BCUT2D eigenvalue weighted by molar-refractivity contribution is 0.145. The minimum atomic E-state index is -2.71.